The van der Waals surface area contributed by atoms with Gasteiger partial charge in [-0.1, -0.05) is 95.0 Å². The van der Waals surface area contributed by atoms with E-state index in [0.717, 1.165) is 12.0 Å². The van der Waals surface area contributed by atoms with Gasteiger partial charge < -0.3 is 20.1 Å². The van der Waals surface area contributed by atoms with E-state index in [-0.39, 0.29) is 11.3 Å². The fourth-order valence-corrected chi connectivity index (χ4v) is 3.18. The topological polar surface area (TPSA) is 94.8 Å². The summed E-state index contributed by atoms with van der Waals surface area (Å²) in [7, 11) is 0. The van der Waals surface area contributed by atoms with Crippen molar-refractivity contribution < 1.29 is 24.9 Å². The molecule has 0 heterocycles. The molecular formula is C26H38O5. The number of phenolic OH excluding ortho intramolecular Hbond substituents is 1. The maximum atomic E-state index is 10.3. The highest BCUT2D eigenvalue weighted by Crippen LogP contribution is 2.19. The lowest BCUT2D eigenvalue weighted by Crippen LogP contribution is -1.95. The van der Waals surface area contributed by atoms with Crippen LogP contribution in [-0.4, -0.2) is 28.1 Å². The van der Waals surface area contributed by atoms with E-state index in [4.69, 9.17) is 15.0 Å². The van der Waals surface area contributed by atoms with Gasteiger partial charge in [0.2, 0.25) is 0 Å². The molecule has 2 aromatic rings. The second-order valence-corrected chi connectivity index (χ2v) is 7.38. The van der Waals surface area contributed by atoms with Crippen LogP contribution in [0.15, 0.2) is 48.5 Å². The van der Waals surface area contributed by atoms with E-state index < -0.39 is 5.97 Å². The Morgan fingerprint density at radius 3 is 1.61 bits per heavy atom. The zero-order valence-corrected chi connectivity index (χ0v) is 18.8. The molecule has 0 saturated carbocycles. The number of unbranched alkanes of at least 4 members (excludes halogenated alkanes) is 9. The average Bonchev–Trinajstić information content (AvgIpc) is 2.78. The summed E-state index contributed by atoms with van der Waals surface area (Å²) in [5.41, 5.74) is 1.03. The van der Waals surface area contributed by atoms with Crippen LogP contribution in [-0.2, 0) is 11.2 Å². The molecule has 2 aromatic carbocycles. The Kier molecular flexibility index (Phi) is 17.4. The molecule has 0 saturated heterocycles. The predicted molar refractivity (Wildman–Crippen MR) is 126 cm³/mol. The number of carbonyl (C=O) groups excluding carboxylic acids is 1. The smallest absolute Gasteiger partial charge is 0.339 e. The van der Waals surface area contributed by atoms with Crippen molar-refractivity contribution in [3.05, 3.63) is 59.7 Å². The number of para-hydroxylation sites is 2. The molecule has 2 rings (SSSR count). The summed E-state index contributed by atoms with van der Waals surface area (Å²) in [6.45, 7) is 4.27. The lowest BCUT2D eigenvalue weighted by Gasteiger charge is -2.04. The molecule has 0 aliphatic carbocycles. The summed E-state index contributed by atoms with van der Waals surface area (Å²) < 4.78 is 0. The first-order valence-corrected chi connectivity index (χ1v) is 11.1. The summed E-state index contributed by atoms with van der Waals surface area (Å²) in [6, 6.07) is 13.5. The van der Waals surface area contributed by atoms with Crippen molar-refractivity contribution >= 4 is 12.8 Å². The van der Waals surface area contributed by atoms with Crippen LogP contribution < -0.4 is 0 Å². The van der Waals surface area contributed by atoms with Crippen molar-refractivity contribution in [2.45, 2.75) is 77.6 Å². The highest BCUT2D eigenvalue weighted by atomic mass is 16.4. The molecule has 0 amide bonds. The number of carboxylic acids is 1. The second-order valence-electron chi connectivity index (χ2n) is 7.38. The first-order chi connectivity index (χ1) is 15.1. The predicted octanol–water partition coefficient (Wildman–Crippen LogP) is 6.76. The number of hydrogen-bond acceptors (Lipinski definition) is 4. The highest BCUT2D eigenvalue weighted by Gasteiger charge is 2.05. The molecule has 3 N–H and O–H groups in total. The van der Waals surface area contributed by atoms with Crippen LogP contribution in [0.3, 0.4) is 0 Å². The van der Waals surface area contributed by atoms with Gasteiger partial charge in [0, 0.05) is 0 Å². The van der Waals surface area contributed by atoms with Gasteiger partial charge in [-0.3, -0.25) is 0 Å². The van der Waals surface area contributed by atoms with Crippen molar-refractivity contribution in [1.29, 1.82) is 0 Å². The van der Waals surface area contributed by atoms with E-state index in [1.807, 2.05) is 25.0 Å². The molecule has 0 radical (unpaired) electrons. The molecule has 0 aliphatic heterocycles. The largest absolute Gasteiger partial charge is 0.508 e. The summed E-state index contributed by atoms with van der Waals surface area (Å²) in [6.07, 6.45) is 14.6. The quantitative estimate of drug-likeness (QED) is 0.323. The van der Waals surface area contributed by atoms with E-state index in [9.17, 15) is 9.90 Å². The number of benzene rings is 2. The van der Waals surface area contributed by atoms with Gasteiger partial charge in [0.1, 0.15) is 23.9 Å². The van der Waals surface area contributed by atoms with Crippen molar-refractivity contribution in [1.82, 2.24) is 0 Å². The number of carboxylic acid groups (broad SMARTS) is 1. The van der Waals surface area contributed by atoms with E-state index in [1.165, 1.54) is 76.3 Å². The minimum atomic E-state index is -1.11. The van der Waals surface area contributed by atoms with Crippen LogP contribution >= 0.6 is 0 Å². The van der Waals surface area contributed by atoms with Crippen molar-refractivity contribution in [2.75, 3.05) is 0 Å². The Balaban J connectivity index is 0.000000628. The van der Waals surface area contributed by atoms with Crippen molar-refractivity contribution in [3.63, 3.8) is 0 Å². The van der Waals surface area contributed by atoms with E-state index in [0.29, 0.717) is 5.75 Å². The van der Waals surface area contributed by atoms with E-state index in [1.54, 1.807) is 18.2 Å². The van der Waals surface area contributed by atoms with E-state index >= 15 is 0 Å². The van der Waals surface area contributed by atoms with Gasteiger partial charge in [-0.2, -0.15) is 0 Å². The van der Waals surface area contributed by atoms with Crippen LogP contribution in [0.1, 0.15) is 87.1 Å². The monoisotopic (exact) mass is 430 g/mol. The maximum Gasteiger partial charge on any atom is 0.339 e. The minimum Gasteiger partial charge on any atom is -0.508 e. The van der Waals surface area contributed by atoms with Crippen LogP contribution in [0.4, 0.5) is 0 Å². The van der Waals surface area contributed by atoms with Gasteiger partial charge in [-0.05, 0) is 36.6 Å². The standard InChI is InChI=1S/C18H30O.C7H6O3.CH2O/c1-2-3-4-5-6-7-8-9-10-11-14-17-15-12-13-16-18(17)19;8-6-4-2-1-3-5(6)7(9)10;1-2/h12-13,15-16,19H,2-11,14H2,1H3;1-4,8H,(H,9,10);1H2. The first kappa shape index (κ1) is 28.2. The Morgan fingerprint density at radius 1 is 0.710 bits per heavy atom. The molecule has 0 unspecified atom stereocenters. The Hall–Kier alpha value is -2.82. The number of hydrogen-bond donors (Lipinski definition) is 3. The Labute approximate surface area is 186 Å². The summed E-state index contributed by atoms with van der Waals surface area (Å²) >= 11 is 0. The summed E-state index contributed by atoms with van der Waals surface area (Å²) in [5.74, 6) is -0.855. The van der Waals surface area contributed by atoms with Crippen LogP contribution in [0.2, 0.25) is 0 Å². The number of carbonyl (C=O) groups is 2. The van der Waals surface area contributed by atoms with E-state index in [2.05, 4.69) is 6.92 Å². The van der Waals surface area contributed by atoms with Crippen molar-refractivity contribution in [3.8, 4) is 11.5 Å². The minimum absolute atomic E-state index is 0.0671. The van der Waals surface area contributed by atoms with Gasteiger partial charge in [0.15, 0.2) is 0 Å². The second kappa shape index (κ2) is 19.2. The number of rotatable bonds is 12. The zero-order chi connectivity index (χ0) is 23.3. The molecule has 5 nitrogen and oxygen atoms in total. The fourth-order valence-electron chi connectivity index (χ4n) is 3.18. The molecule has 0 aromatic heterocycles. The zero-order valence-electron chi connectivity index (χ0n) is 18.8. The first-order valence-electron chi connectivity index (χ1n) is 11.1. The number of phenols is 2. The normalized spacial score (nSPS) is 9.71. The molecule has 0 spiro atoms. The molecule has 31 heavy (non-hydrogen) atoms. The lowest BCUT2D eigenvalue weighted by atomic mass is 10.0. The van der Waals surface area contributed by atoms with Gasteiger partial charge in [0.05, 0.1) is 0 Å². The van der Waals surface area contributed by atoms with Crippen LogP contribution in [0.25, 0.3) is 0 Å². The maximum absolute atomic E-state index is 10.3. The highest BCUT2D eigenvalue weighted by molar-refractivity contribution is 5.90. The average molecular weight is 431 g/mol. The molecule has 0 bridgehead atoms. The number of aryl methyl sites for hydroxylation is 1. The van der Waals surface area contributed by atoms with Gasteiger partial charge in [-0.25, -0.2) is 4.79 Å². The number of aromatic carboxylic acids is 1. The summed E-state index contributed by atoms with van der Waals surface area (Å²) in [4.78, 5) is 18.3. The molecule has 0 fully saturated rings. The van der Waals surface area contributed by atoms with Crippen LogP contribution in [0, 0.1) is 0 Å². The third-order valence-corrected chi connectivity index (χ3v) is 4.93. The third kappa shape index (κ3) is 13.9. The molecular weight excluding hydrogens is 392 g/mol. The molecule has 0 atom stereocenters. The van der Waals surface area contributed by atoms with Gasteiger partial charge in [0.25, 0.3) is 0 Å². The number of aromatic hydroxyl groups is 2. The van der Waals surface area contributed by atoms with Gasteiger partial charge in [-0.15, -0.1) is 0 Å². The van der Waals surface area contributed by atoms with Crippen molar-refractivity contribution in [2.24, 2.45) is 0 Å². The third-order valence-electron chi connectivity index (χ3n) is 4.93. The summed E-state index contributed by atoms with van der Waals surface area (Å²) in [5, 5.41) is 27.0. The molecule has 172 valence electrons. The molecule has 0 aliphatic rings. The molecule has 5 heteroatoms. The van der Waals surface area contributed by atoms with Gasteiger partial charge >= 0.3 is 5.97 Å². The Morgan fingerprint density at radius 2 is 1.16 bits per heavy atom. The Bertz CT molecular complexity index is 714. The van der Waals surface area contributed by atoms with Crippen LogP contribution in [0.5, 0.6) is 11.5 Å². The SMILES string of the molecule is C=O.CCCCCCCCCCCCc1ccccc1O.O=C(O)c1ccccc1O. The lowest BCUT2D eigenvalue weighted by molar-refractivity contribution is -0.0980. The fraction of sp³-hybridized carbons (Fsp3) is 0.462.